The molecule has 1 aromatic rings. The van der Waals surface area contributed by atoms with Crippen molar-refractivity contribution in [1.82, 2.24) is 4.31 Å². The maximum Gasteiger partial charge on any atom is 0.335 e. The highest BCUT2D eigenvalue weighted by molar-refractivity contribution is 7.89. The topological polar surface area (TPSA) is 136 Å². The third-order valence-corrected chi connectivity index (χ3v) is 5.17. The summed E-state index contributed by atoms with van der Waals surface area (Å²) in [5.74, 6) is -1.97. The Morgan fingerprint density at radius 1 is 1.39 bits per heavy atom. The molecule has 0 radical (unpaired) electrons. The summed E-state index contributed by atoms with van der Waals surface area (Å²) >= 11 is 0. The number of aromatic carboxylic acids is 1. The van der Waals surface area contributed by atoms with Crippen molar-refractivity contribution >= 4 is 21.7 Å². The molecule has 0 unspecified atom stereocenters. The number of rotatable bonds is 5. The van der Waals surface area contributed by atoms with Crippen LogP contribution >= 0.6 is 0 Å². The van der Waals surface area contributed by atoms with Crippen LogP contribution in [0.4, 0.5) is 5.69 Å². The third-order valence-electron chi connectivity index (χ3n) is 3.27. The molecule has 23 heavy (non-hydrogen) atoms. The Kier molecular flexibility index (Phi) is 4.82. The lowest BCUT2D eigenvalue weighted by Crippen LogP contribution is -2.40. The molecule has 11 heteroatoms. The van der Waals surface area contributed by atoms with Gasteiger partial charge in [0.15, 0.2) is 0 Å². The van der Waals surface area contributed by atoms with Gasteiger partial charge in [0.1, 0.15) is 4.90 Å². The van der Waals surface area contributed by atoms with Gasteiger partial charge in [-0.3, -0.25) is 10.1 Å². The molecule has 0 spiro atoms. The molecule has 1 aromatic carbocycles. The predicted octanol–water partition coefficient (Wildman–Crippen LogP) is 0.323. The van der Waals surface area contributed by atoms with Crippen LogP contribution in [0.25, 0.3) is 0 Å². The Labute approximate surface area is 131 Å². The Morgan fingerprint density at radius 2 is 2.00 bits per heavy atom. The SMILES string of the molecule is COc1c([N+](=O)[O-])cc(C(=O)O)cc1S(=O)(=O)N1CCOCC1. The number of hydrogen-bond acceptors (Lipinski definition) is 7. The molecule has 1 N–H and O–H groups in total. The molecular formula is C12H14N2O8S. The number of hydrogen-bond donors (Lipinski definition) is 1. The first-order valence-corrected chi connectivity index (χ1v) is 7.90. The summed E-state index contributed by atoms with van der Waals surface area (Å²) in [5.41, 5.74) is -1.23. The molecule has 0 amide bonds. The van der Waals surface area contributed by atoms with Gasteiger partial charge >= 0.3 is 11.7 Å². The molecule has 126 valence electrons. The molecule has 1 heterocycles. The minimum Gasteiger partial charge on any atom is -0.489 e. The van der Waals surface area contributed by atoms with Gasteiger partial charge < -0.3 is 14.6 Å². The first kappa shape index (κ1) is 17.1. The molecule has 0 aromatic heterocycles. The highest BCUT2D eigenvalue weighted by Gasteiger charge is 2.34. The molecule has 2 rings (SSSR count). The summed E-state index contributed by atoms with van der Waals surface area (Å²) in [5, 5.41) is 20.2. The van der Waals surface area contributed by atoms with Gasteiger partial charge in [-0.1, -0.05) is 0 Å². The number of benzene rings is 1. The van der Waals surface area contributed by atoms with Crippen molar-refractivity contribution in [2.45, 2.75) is 4.90 Å². The van der Waals surface area contributed by atoms with E-state index in [1.54, 1.807) is 0 Å². The maximum atomic E-state index is 12.7. The van der Waals surface area contributed by atoms with Crippen LogP contribution in [-0.4, -0.2) is 62.1 Å². The highest BCUT2D eigenvalue weighted by atomic mass is 32.2. The zero-order chi connectivity index (χ0) is 17.2. The lowest BCUT2D eigenvalue weighted by atomic mass is 10.2. The number of carboxylic acids is 1. The number of nitro groups is 1. The summed E-state index contributed by atoms with van der Waals surface area (Å²) < 4.78 is 36.4. The largest absolute Gasteiger partial charge is 0.489 e. The number of carbonyl (C=O) groups is 1. The van der Waals surface area contributed by atoms with Gasteiger partial charge in [-0.2, -0.15) is 4.31 Å². The molecule has 1 saturated heterocycles. The zero-order valence-electron chi connectivity index (χ0n) is 12.1. The average molecular weight is 346 g/mol. The summed E-state index contributed by atoms with van der Waals surface area (Å²) in [7, 11) is -3.07. The second-order valence-electron chi connectivity index (χ2n) is 4.61. The summed E-state index contributed by atoms with van der Waals surface area (Å²) in [4.78, 5) is 20.8. The van der Waals surface area contributed by atoms with Gasteiger partial charge in [-0.15, -0.1) is 0 Å². The van der Waals surface area contributed by atoms with Crippen molar-refractivity contribution in [1.29, 1.82) is 0 Å². The number of nitrogens with zero attached hydrogens (tertiary/aromatic N) is 2. The van der Waals surface area contributed by atoms with Crippen LogP contribution in [-0.2, 0) is 14.8 Å². The molecule has 10 nitrogen and oxygen atoms in total. The monoisotopic (exact) mass is 346 g/mol. The number of morpholine rings is 1. The molecule has 0 saturated carbocycles. The summed E-state index contributed by atoms with van der Waals surface area (Å²) in [6, 6.07) is 1.62. The van der Waals surface area contributed by atoms with Crippen LogP contribution < -0.4 is 4.74 Å². The van der Waals surface area contributed by atoms with Gasteiger partial charge in [0.2, 0.25) is 15.8 Å². The summed E-state index contributed by atoms with van der Waals surface area (Å²) in [6.07, 6.45) is 0. The predicted molar refractivity (Wildman–Crippen MR) is 76.2 cm³/mol. The molecule has 0 aliphatic carbocycles. The third kappa shape index (κ3) is 3.25. The van der Waals surface area contributed by atoms with E-state index in [0.717, 1.165) is 23.5 Å². The van der Waals surface area contributed by atoms with Gasteiger partial charge in [0, 0.05) is 19.2 Å². The van der Waals surface area contributed by atoms with Crippen molar-refractivity contribution in [3.8, 4) is 5.75 Å². The lowest BCUT2D eigenvalue weighted by Gasteiger charge is -2.26. The zero-order valence-corrected chi connectivity index (χ0v) is 12.9. The molecule has 1 aliphatic heterocycles. The fraction of sp³-hybridized carbons (Fsp3) is 0.417. The van der Waals surface area contributed by atoms with E-state index in [-0.39, 0.29) is 26.3 Å². The smallest absolute Gasteiger partial charge is 0.335 e. The van der Waals surface area contributed by atoms with E-state index in [0.29, 0.717) is 0 Å². The van der Waals surface area contributed by atoms with Crippen LogP contribution in [0.5, 0.6) is 5.75 Å². The fourth-order valence-corrected chi connectivity index (χ4v) is 3.78. The minimum atomic E-state index is -4.16. The van der Waals surface area contributed by atoms with Gasteiger partial charge in [0.05, 0.1) is 30.8 Å². The maximum absolute atomic E-state index is 12.7. The van der Waals surface area contributed by atoms with E-state index < -0.39 is 42.8 Å². The number of methoxy groups -OCH3 is 1. The van der Waals surface area contributed by atoms with Gasteiger partial charge in [0.25, 0.3) is 0 Å². The average Bonchev–Trinajstić information content (AvgIpc) is 2.54. The Bertz CT molecular complexity index is 740. The molecule has 0 atom stereocenters. The van der Waals surface area contributed by atoms with Crippen molar-refractivity contribution < 1.29 is 32.7 Å². The van der Waals surface area contributed by atoms with E-state index in [9.17, 15) is 23.3 Å². The Balaban J connectivity index is 2.68. The number of nitro benzene ring substituents is 1. The van der Waals surface area contributed by atoms with Crippen LogP contribution in [0.3, 0.4) is 0 Å². The number of ether oxygens (including phenoxy) is 2. The molecule has 1 fully saturated rings. The first-order valence-electron chi connectivity index (χ1n) is 6.46. The standard InChI is InChI=1S/C12H14N2O8S/c1-21-11-9(14(17)18)6-8(12(15)16)7-10(11)23(19,20)13-2-4-22-5-3-13/h6-7H,2-5H2,1H3,(H,15,16). The quantitative estimate of drug-likeness (QED) is 0.594. The normalized spacial score (nSPS) is 16.0. The lowest BCUT2D eigenvalue weighted by molar-refractivity contribution is -0.386. The van der Waals surface area contributed by atoms with Gasteiger partial charge in [-0.25, -0.2) is 13.2 Å². The van der Waals surface area contributed by atoms with Crippen molar-refractivity contribution in [2.75, 3.05) is 33.4 Å². The highest BCUT2D eigenvalue weighted by Crippen LogP contribution is 2.37. The number of carboxylic acid groups (broad SMARTS) is 1. The second-order valence-corrected chi connectivity index (χ2v) is 6.51. The molecule has 0 bridgehead atoms. The second kappa shape index (κ2) is 6.48. The van der Waals surface area contributed by atoms with Gasteiger partial charge in [-0.05, 0) is 6.07 Å². The Morgan fingerprint density at radius 3 is 2.48 bits per heavy atom. The summed E-state index contributed by atoms with van der Waals surface area (Å²) in [6.45, 7) is 0.498. The van der Waals surface area contributed by atoms with Crippen LogP contribution in [0.1, 0.15) is 10.4 Å². The van der Waals surface area contributed by atoms with E-state index in [2.05, 4.69) is 0 Å². The van der Waals surface area contributed by atoms with E-state index >= 15 is 0 Å². The van der Waals surface area contributed by atoms with E-state index in [1.807, 2.05) is 0 Å². The van der Waals surface area contributed by atoms with Crippen LogP contribution in [0.2, 0.25) is 0 Å². The molecular weight excluding hydrogens is 332 g/mol. The first-order chi connectivity index (χ1) is 10.8. The number of sulfonamides is 1. The van der Waals surface area contributed by atoms with Crippen molar-refractivity contribution in [3.63, 3.8) is 0 Å². The molecule has 1 aliphatic rings. The van der Waals surface area contributed by atoms with E-state index in [4.69, 9.17) is 14.6 Å². The minimum absolute atomic E-state index is 0.0661. The van der Waals surface area contributed by atoms with Crippen LogP contribution in [0.15, 0.2) is 17.0 Å². The van der Waals surface area contributed by atoms with Crippen molar-refractivity contribution in [2.24, 2.45) is 0 Å². The van der Waals surface area contributed by atoms with Crippen molar-refractivity contribution in [3.05, 3.63) is 27.8 Å². The van der Waals surface area contributed by atoms with Crippen LogP contribution in [0, 0.1) is 10.1 Å². The van der Waals surface area contributed by atoms with E-state index in [1.165, 1.54) is 0 Å². The fourth-order valence-electron chi connectivity index (χ4n) is 2.17. The Hall–Kier alpha value is -2.24.